The van der Waals surface area contributed by atoms with Crippen LogP contribution in [0.5, 0.6) is 5.75 Å². The molecule has 2 aromatic rings. The first kappa shape index (κ1) is 18.9. The number of nitrogens with zero attached hydrogens (tertiary/aromatic N) is 1. The number of hydrazine groups is 1. The molecule has 140 valence electrons. The predicted molar refractivity (Wildman–Crippen MR) is 103 cm³/mol. The van der Waals surface area contributed by atoms with Crippen LogP contribution in [-0.2, 0) is 9.59 Å². The van der Waals surface area contributed by atoms with Crippen LogP contribution < -0.4 is 20.5 Å². The molecule has 27 heavy (non-hydrogen) atoms. The van der Waals surface area contributed by atoms with Gasteiger partial charge in [0.25, 0.3) is 5.91 Å². The van der Waals surface area contributed by atoms with E-state index in [0.717, 1.165) is 4.47 Å². The topological polar surface area (TPSA) is 87.7 Å². The van der Waals surface area contributed by atoms with Crippen LogP contribution in [0.2, 0.25) is 0 Å². The molecule has 0 radical (unpaired) electrons. The summed E-state index contributed by atoms with van der Waals surface area (Å²) in [6.07, 6.45) is 0.0806. The van der Waals surface area contributed by atoms with E-state index >= 15 is 0 Å². The fourth-order valence-electron chi connectivity index (χ4n) is 2.80. The highest BCUT2D eigenvalue weighted by molar-refractivity contribution is 9.10. The zero-order valence-electron chi connectivity index (χ0n) is 14.6. The van der Waals surface area contributed by atoms with Gasteiger partial charge in [0, 0.05) is 34.8 Å². The quantitative estimate of drug-likeness (QED) is 0.726. The van der Waals surface area contributed by atoms with Gasteiger partial charge in [0.15, 0.2) is 0 Å². The Morgan fingerprint density at radius 2 is 1.89 bits per heavy atom. The van der Waals surface area contributed by atoms with Crippen molar-refractivity contribution in [2.24, 2.45) is 5.92 Å². The summed E-state index contributed by atoms with van der Waals surface area (Å²) in [5, 5.41) is 0. The molecule has 2 aromatic carbocycles. The first-order valence-electron chi connectivity index (χ1n) is 8.28. The minimum atomic E-state index is -0.547. The Morgan fingerprint density at radius 3 is 2.59 bits per heavy atom. The molecule has 1 atom stereocenters. The highest BCUT2D eigenvalue weighted by Crippen LogP contribution is 2.27. The zero-order chi connectivity index (χ0) is 19.4. The Kier molecular flexibility index (Phi) is 5.75. The molecule has 0 aliphatic carbocycles. The molecule has 1 heterocycles. The smallest absolute Gasteiger partial charge is 0.269 e. The summed E-state index contributed by atoms with van der Waals surface area (Å²) in [5.41, 5.74) is 5.87. The maximum Gasteiger partial charge on any atom is 0.269 e. The standard InChI is InChI=1S/C19H18BrN3O4/c1-27-16-4-2-3-15(10-16)23-11-13(9-17(23)24)19(26)22-21-18(25)12-5-7-14(20)8-6-12/h2-8,10,13H,9,11H2,1H3,(H,21,25)(H,22,26)/t13-/m0/s1. The lowest BCUT2D eigenvalue weighted by Crippen LogP contribution is -2.45. The van der Waals surface area contributed by atoms with Crippen LogP contribution in [0, 0.1) is 5.92 Å². The van der Waals surface area contributed by atoms with E-state index in [1.54, 1.807) is 60.5 Å². The van der Waals surface area contributed by atoms with Crippen molar-refractivity contribution >= 4 is 39.3 Å². The van der Waals surface area contributed by atoms with Crippen molar-refractivity contribution in [3.63, 3.8) is 0 Å². The molecule has 0 unspecified atom stereocenters. The number of ether oxygens (including phenoxy) is 1. The number of carbonyl (C=O) groups excluding carboxylic acids is 3. The Morgan fingerprint density at radius 1 is 1.15 bits per heavy atom. The van der Waals surface area contributed by atoms with Gasteiger partial charge < -0.3 is 9.64 Å². The summed E-state index contributed by atoms with van der Waals surface area (Å²) in [5.74, 6) is -0.893. The Hall–Kier alpha value is -2.87. The van der Waals surface area contributed by atoms with E-state index in [9.17, 15) is 14.4 Å². The third-order valence-corrected chi connectivity index (χ3v) is 4.80. The van der Waals surface area contributed by atoms with E-state index in [-0.39, 0.29) is 18.9 Å². The monoisotopic (exact) mass is 431 g/mol. The Labute approximate surface area is 164 Å². The van der Waals surface area contributed by atoms with Crippen LogP contribution in [0.4, 0.5) is 5.69 Å². The number of carbonyl (C=O) groups is 3. The van der Waals surface area contributed by atoms with Gasteiger partial charge >= 0.3 is 0 Å². The minimum Gasteiger partial charge on any atom is -0.497 e. The lowest BCUT2D eigenvalue weighted by molar-refractivity contribution is -0.126. The molecular weight excluding hydrogens is 414 g/mol. The third kappa shape index (κ3) is 4.46. The van der Waals surface area contributed by atoms with Crippen LogP contribution in [-0.4, -0.2) is 31.4 Å². The van der Waals surface area contributed by atoms with Gasteiger partial charge in [0.05, 0.1) is 13.0 Å². The molecular formula is C19H18BrN3O4. The van der Waals surface area contributed by atoms with Gasteiger partial charge in [-0.25, -0.2) is 0 Å². The number of nitrogens with one attached hydrogen (secondary N) is 2. The molecule has 3 amide bonds. The number of rotatable bonds is 4. The van der Waals surface area contributed by atoms with Crippen LogP contribution >= 0.6 is 15.9 Å². The number of benzene rings is 2. The van der Waals surface area contributed by atoms with Crippen LogP contribution in [0.25, 0.3) is 0 Å². The van der Waals surface area contributed by atoms with Crippen molar-refractivity contribution in [2.75, 3.05) is 18.6 Å². The summed E-state index contributed by atoms with van der Waals surface area (Å²) < 4.78 is 6.02. The maximum absolute atomic E-state index is 12.3. The van der Waals surface area contributed by atoms with Gasteiger partial charge in [-0.05, 0) is 36.4 Å². The van der Waals surface area contributed by atoms with Gasteiger partial charge in [0.1, 0.15) is 5.75 Å². The molecule has 1 saturated heterocycles. The van der Waals surface area contributed by atoms with Gasteiger partial charge in [-0.2, -0.15) is 0 Å². The molecule has 1 aliphatic rings. The second-order valence-corrected chi connectivity index (χ2v) is 6.97. The largest absolute Gasteiger partial charge is 0.497 e. The Bertz CT molecular complexity index is 870. The SMILES string of the molecule is COc1cccc(N2C[C@@H](C(=O)NNC(=O)c3ccc(Br)cc3)CC2=O)c1. The van der Waals surface area contributed by atoms with E-state index in [1.807, 2.05) is 0 Å². The lowest BCUT2D eigenvalue weighted by Gasteiger charge is -2.17. The van der Waals surface area contributed by atoms with Crippen LogP contribution in [0.1, 0.15) is 16.8 Å². The molecule has 0 spiro atoms. The summed E-state index contributed by atoms with van der Waals surface area (Å²) >= 11 is 3.30. The zero-order valence-corrected chi connectivity index (χ0v) is 16.2. The van der Waals surface area contributed by atoms with Crippen molar-refractivity contribution in [1.82, 2.24) is 10.9 Å². The number of amides is 3. The summed E-state index contributed by atoms with van der Waals surface area (Å²) in [6, 6.07) is 13.8. The van der Waals surface area contributed by atoms with E-state index in [2.05, 4.69) is 26.8 Å². The predicted octanol–water partition coefficient (Wildman–Crippen LogP) is 2.27. The third-order valence-electron chi connectivity index (χ3n) is 4.27. The lowest BCUT2D eigenvalue weighted by atomic mass is 10.1. The van der Waals surface area contributed by atoms with E-state index in [0.29, 0.717) is 17.0 Å². The fraction of sp³-hybridized carbons (Fsp3) is 0.211. The molecule has 1 aliphatic heterocycles. The number of hydrogen-bond donors (Lipinski definition) is 2. The second kappa shape index (κ2) is 8.22. The first-order chi connectivity index (χ1) is 13.0. The molecule has 2 N–H and O–H groups in total. The van der Waals surface area contributed by atoms with Crippen molar-refractivity contribution in [1.29, 1.82) is 0 Å². The van der Waals surface area contributed by atoms with E-state index in [4.69, 9.17) is 4.74 Å². The molecule has 1 fully saturated rings. The van der Waals surface area contributed by atoms with Gasteiger partial charge in [-0.15, -0.1) is 0 Å². The molecule has 7 nitrogen and oxygen atoms in total. The minimum absolute atomic E-state index is 0.0806. The fourth-order valence-corrected chi connectivity index (χ4v) is 3.07. The van der Waals surface area contributed by atoms with Crippen LogP contribution in [0.3, 0.4) is 0 Å². The van der Waals surface area contributed by atoms with Crippen molar-refractivity contribution in [2.45, 2.75) is 6.42 Å². The normalized spacial score (nSPS) is 16.1. The van der Waals surface area contributed by atoms with Gasteiger partial charge in [-0.1, -0.05) is 22.0 Å². The number of halogens is 1. The van der Waals surface area contributed by atoms with Crippen molar-refractivity contribution < 1.29 is 19.1 Å². The molecule has 0 saturated carbocycles. The highest BCUT2D eigenvalue weighted by Gasteiger charge is 2.35. The maximum atomic E-state index is 12.3. The summed E-state index contributed by atoms with van der Waals surface area (Å²) in [4.78, 5) is 38.2. The van der Waals surface area contributed by atoms with Gasteiger partial charge in [0.2, 0.25) is 11.8 Å². The molecule has 0 aromatic heterocycles. The molecule has 0 bridgehead atoms. The second-order valence-electron chi connectivity index (χ2n) is 6.06. The average molecular weight is 432 g/mol. The summed E-state index contributed by atoms with van der Waals surface area (Å²) in [6.45, 7) is 0.242. The van der Waals surface area contributed by atoms with Crippen LogP contribution in [0.15, 0.2) is 53.0 Å². The van der Waals surface area contributed by atoms with E-state index in [1.165, 1.54) is 0 Å². The summed E-state index contributed by atoms with van der Waals surface area (Å²) in [7, 11) is 1.55. The van der Waals surface area contributed by atoms with Crippen molar-refractivity contribution in [3.8, 4) is 5.75 Å². The molecule has 3 rings (SSSR count). The number of anilines is 1. The number of methoxy groups -OCH3 is 1. The number of hydrogen-bond acceptors (Lipinski definition) is 4. The highest BCUT2D eigenvalue weighted by atomic mass is 79.9. The Balaban J connectivity index is 1.58. The first-order valence-corrected chi connectivity index (χ1v) is 9.07. The average Bonchev–Trinajstić information content (AvgIpc) is 3.08. The van der Waals surface area contributed by atoms with E-state index < -0.39 is 17.7 Å². The van der Waals surface area contributed by atoms with Gasteiger partial charge in [-0.3, -0.25) is 25.2 Å². The van der Waals surface area contributed by atoms with Crippen molar-refractivity contribution in [3.05, 3.63) is 58.6 Å². The molecule has 8 heteroatoms.